The van der Waals surface area contributed by atoms with E-state index in [-0.39, 0.29) is 41.8 Å². The molecule has 0 amide bonds. The zero-order valence-electron chi connectivity index (χ0n) is 22.7. The molecule has 206 valence electrons. The average molecular weight is 505 g/mol. The van der Waals surface area contributed by atoms with Crippen LogP contribution in [0.15, 0.2) is 37.7 Å². The van der Waals surface area contributed by atoms with Crippen LogP contribution in [-0.2, 0) is 14.3 Å². The van der Waals surface area contributed by atoms with E-state index in [9.17, 15) is 20.0 Å². The van der Waals surface area contributed by atoms with Gasteiger partial charge in [-0.3, -0.25) is 9.59 Å². The van der Waals surface area contributed by atoms with Crippen LogP contribution in [0.1, 0.15) is 104 Å². The van der Waals surface area contributed by atoms with Gasteiger partial charge in [-0.1, -0.05) is 57.9 Å². The van der Waals surface area contributed by atoms with Crippen molar-refractivity contribution in [3.63, 3.8) is 0 Å². The van der Waals surface area contributed by atoms with Crippen LogP contribution in [0.2, 0.25) is 0 Å². The van der Waals surface area contributed by atoms with Gasteiger partial charge in [0.15, 0.2) is 0 Å². The van der Waals surface area contributed by atoms with E-state index < -0.39 is 0 Å². The molecular formula is C29H48N2O5-2. The second kappa shape index (κ2) is 18.2. The summed E-state index contributed by atoms with van der Waals surface area (Å²) in [5, 5.41) is 26.9. The van der Waals surface area contributed by atoms with E-state index in [2.05, 4.69) is 20.1 Å². The number of allylic oxidation sites excluding steroid dienone is 2. The standard InChI is InChI=1S/C29H48N2O5/c1-6-9-10-11-14-17-24(32)20-21-26-25(18-15-12-13-16-19-29(33)36-23(4)5)27(30(34)7-2)22-28(26)31(35)8-3/h7-8,12,15,23,25-28H,2-3,6,9-11,13-14,16-22H2,1,4-5H3/q-2/b15-12-/t25-,26-,27+,28-/m1/s1. The summed E-state index contributed by atoms with van der Waals surface area (Å²) in [5.41, 5.74) is 0. The maximum absolute atomic E-state index is 12.6. The summed E-state index contributed by atoms with van der Waals surface area (Å²) >= 11 is 0. The van der Waals surface area contributed by atoms with E-state index in [0.29, 0.717) is 44.9 Å². The predicted molar refractivity (Wildman–Crippen MR) is 146 cm³/mol. The molecule has 0 aromatic rings. The fourth-order valence-electron chi connectivity index (χ4n) is 5.20. The van der Waals surface area contributed by atoms with Crippen LogP contribution in [-0.4, -0.2) is 40.1 Å². The van der Waals surface area contributed by atoms with Crippen LogP contribution < -0.4 is 0 Å². The van der Waals surface area contributed by atoms with Gasteiger partial charge < -0.3 is 25.3 Å². The number of hydroxylamine groups is 4. The number of ether oxygens (including phenoxy) is 1. The zero-order valence-corrected chi connectivity index (χ0v) is 22.7. The van der Waals surface area contributed by atoms with Gasteiger partial charge in [-0.05, 0) is 76.6 Å². The molecule has 1 saturated carbocycles. The molecule has 0 bridgehead atoms. The summed E-state index contributed by atoms with van der Waals surface area (Å²) in [4.78, 5) is 24.2. The molecule has 0 radical (unpaired) electrons. The van der Waals surface area contributed by atoms with E-state index in [0.717, 1.165) is 35.8 Å². The lowest BCUT2D eigenvalue weighted by Crippen LogP contribution is -2.32. The first kappa shape index (κ1) is 31.9. The van der Waals surface area contributed by atoms with Crippen molar-refractivity contribution in [1.82, 2.24) is 10.1 Å². The highest BCUT2D eigenvalue weighted by atomic mass is 16.5. The molecule has 0 aromatic carbocycles. The molecule has 0 N–H and O–H groups in total. The highest BCUT2D eigenvalue weighted by Gasteiger charge is 2.42. The number of nitrogens with zero attached hydrogens (tertiary/aromatic N) is 2. The molecule has 1 aliphatic rings. The van der Waals surface area contributed by atoms with Crippen molar-refractivity contribution in [3.05, 3.63) is 48.1 Å². The van der Waals surface area contributed by atoms with Gasteiger partial charge in [-0.2, -0.15) is 0 Å². The van der Waals surface area contributed by atoms with E-state index in [1.807, 2.05) is 26.0 Å². The Morgan fingerprint density at radius 2 is 1.56 bits per heavy atom. The minimum Gasteiger partial charge on any atom is -0.759 e. The van der Waals surface area contributed by atoms with Crippen molar-refractivity contribution < 1.29 is 14.3 Å². The van der Waals surface area contributed by atoms with Gasteiger partial charge in [-0.25, -0.2) is 0 Å². The van der Waals surface area contributed by atoms with Gasteiger partial charge in [0.05, 0.1) is 6.10 Å². The van der Waals surface area contributed by atoms with Crippen molar-refractivity contribution in [2.75, 3.05) is 0 Å². The highest BCUT2D eigenvalue weighted by Crippen LogP contribution is 2.43. The lowest BCUT2D eigenvalue weighted by atomic mass is 9.84. The summed E-state index contributed by atoms with van der Waals surface area (Å²) < 4.78 is 5.16. The Morgan fingerprint density at radius 3 is 2.17 bits per heavy atom. The third-order valence-corrected chi connectivity index (χ3v) is 7.04. The van der Waals surface area contributed by atoms with Gasteiger partial charge in [0.2, 0.25) is 0 Å². The van der Waals surface area contributed by atoms with Crippen LogP contribution in [0, 0.1) is 22.3 Å². The first-order chi connectivity index (χ1) is 17.2. The molecule has 0 spiro atoms. The topological polar surface area (TPSA) is 96.0 Å². The Kier molecular flexibility index (Phi) is 16.1. The predicted octanol–water partition coefficient (Wildman–Crippen LogP) is 7.02. The first-order valence-corrected chi connectivity index (χ1v) is 13.8. The fourth-order valence-corrected chi connectivity index (χ4v) is 5.20. The number of esters is 1. The van der Waals surface area contributed by atoms with Crippen LogP contribution in [0.25, 0.3) is 0 Å². The molecule has 1 rings (SSSR count). The first-order valence-electron chi connectivity index (χ1n) is 13.8. The third-order valence-electron chi connectivity index (χ3n) is 7.04. The van der Waals surface area contributed by atoms with Crippen LogP contribution in [0.5, 0.6) is 0 Å². The second-order valence-electron chi connectivity index (χ2n) is 10.2. The summed E-state index contributed by atoms with van der Waals surface area (Å²) in [6, 6.07) is -0.755. The number of carbonyl (C=O) groups excluding carboxylic acids is 2. The van der Waals surface area contributed by atoms with Crippen LogP contribution >= 0.6 is 0 Å². The molecule has 7 nitrogen and oxygen atoms in total. The number of carbonyl (C=O) groups is 2. The van der Waals surface area contributed by atoms with Gasteiger partial charge in [-0.15, -0.1) is 0 Å². The quantitative estimate of drug-likeness (QED) is 0.0760. The molecule has 0 heterocycles. The third kappa shape index (κ3) is 11.7. The molecule has 4 atom stereocenters. The van der Waals surface area contributed by atoms with Crippen LogP contribution in [0.4, 0.5) is 0 Å². The largest absolute Gasteiger partial charge is 0.759 e. The zero-order chi connectivity index (χ0) is 26.9. The molecule has 0 unspecified atom stereocenters. The Bertz CT molecular complexity index is 693. The smallest absolute Gasteiger partial charge is 0.306 e. The number of Topliss-reactive ketones (excluding diaryl/α,β-unsaturated/α-hetero) is 1. The summed E-state index contributed by atoms with van der Waals surface area (Å²) in [6.07, 6.45) is 16.5. The van der Waals surface area contributed by atoms with Crippen molar-refractivity contribution in [1.29, 1.82) is 0 Å². The van der Waals surface area contributed by atoms with Crippen molar-refractivity contribution in [3.8, 4) is 0 Å². The Balaban J connectivity index is 2.76. The molecule has 0 aromatic heterocycles. The fraction of sp³-hybridized carbons (Fsp3) is 0.724. The molecular weight excluding hydrogens is 456 g/mol. The maximum Gasteiger partial charge on any atom is 0.306 e. The highest BCUT2D eigenvalue weighted by molar-refractivity contribution is 5.78. The Labute approximate surface area is 218 Å². The number of hydrogen-bond acceptors (Lipinski definition) is 7. The molecule has 1 fully saturated rings. The van der Waals surface area contributed by atoms with E-state index in [4.69, 9.17) is 4.74 Å². The summed E-state index contributed by atoms with van der Waals surface area (Å²) in [5.74, 6) is -0.117. The minimum atomic E-state index is -0.384. The Hall–Kier alpha value is -2.12. The lowest BCUT2D eigenvalue weighted by molar-refractivity contribution is -0.147. The normalized spacial score (nSPS) is 21.6. The average Bonchev–Trinajstić information content (AvgIpc) is 3.21. The molecule has 0 aliphatic heterocycles. The van der Waals surface area contributed by atoms with Gasteiger partial charge in [0, 0.05) is 31.3 Å². The second-order valence-corrected chi connectivity index (χ2v) is 10.2. The Morgan fingerprint density at radius 1 is 0.917 bits per heavy atom. The molecule has 36 heavy (non-hydrogen) atoms. The molecule has 7 heteroatoms. The maximum atomic E-state index is 12.6. The number of ketones is 1. The lowest BCUT2D eigenvalue weighted by Gasteiger charge is -2.38. The van der Waals surface area contributed by atoms with E-state index in [1.54, 1.807) is 0 Å². The molecule has 1 aliphatic carbocycles. The molecule has 0 saturated heterocycles. The van der Waals surface area contributed by atoms with Gasteiger partial charge >= 0.3 is 5.97 Å². The van der Waals surface area contributed by atoms with Crippen molar-refractivity contribution in [2.45, 2.75) is 122 Å². The summed E-state index contributed by atoms with van der Waals surface area (Å²) in [7, 11) is 0. The van der Waals surface area contributed by atoms with Crippen molar-refractivity contribution >= 4 is 11.8 Å². The summed E-state index contributed by atoms with van der Waals surface area (Å²) in [6.45, 7) is 13.1. The minimum absolute atomic E-state index is 0.0681. The monoisotopic (exact) mass is 504 g/mol. The van der Waals surface area contributed by atoms with Gasteiger partial charge in [0.25, 0.3) is 0 Å². The van der Waals surface area contributed by atoms with Crippen LogP contribution in [0.3, 0.4) is 0 Å². The van der Waals surface area contributed by atoms with Gasteiger partial charge in [0.1, 0.15) is 5.78 Å². The van der Waals surface area contributed by atoms with E-state index >= 15 is 0 Å². The van der Waals surface area contributed by atoms with E-state index in [1.165, 1.54) is 25.2 Å². The van der Waals surface area contributed by atoms with Crippen molar-refractivity contribution in [2.24, 2.45) is 11.8 Å². The number of unbranched alkanes of at least 4 members (excludes halogenated alkanes) is 5. The number of rotatable bonds is 20. The SMILES string of the molecule is C=CN([O-])[C@@H]1C[C@H](N([O-])C=C)[C@H](C/C=C\CCCC(=O)OC(C)C)[C@H]1CCC(=O)CCCCCCC. The number of hydrogen-bond donors (Lipinski definition) is 0.